The van der Waals surface area contributed by atoms with Crippen LogP contribution in [0.2, 0.25) is 0 Å². The average Bonchev–Trinajstić information content (AvgIpc) is 3.25. The van der Waals surface area contributed by atoms with Gasteiger partial charge in [-0.1, -0.05) is 23.9 Å². The zero-order chi connectivity index (χ0) is 19.2. The van der Waals surface area contributed by atoms with E-state index in [1.165, 1.54) is 0 Å². The van der Waals surface area contributed by atoms with Gasteiger partial charge in [-0.05, 0) is 55.0 Å². The van der Waals surface area contributed by atoms with E-state index in [2.05, 4.69) is 38.1 Å². The third-order valence-corrected chi connectivity index (χ3v) is 6.67. The second-order valence-electron chi connectivity index (χ2n) is 7.49. The van der Waals surface area contributed by atoms with Gasteiger partial charge in [-0.15, -0.1) is 5.10 Å². The summed E-state index contributed by atoms with van der Waals surface area (Å²) in [4.78, 5) is 9.19. The summed E-state index contributed by atoms with van der Waals surface area (Å²) in [6.45, 7) is 6.12. The fraction of sp³-hybridized carbons (Fsp3) is 0.765. The van der Waals surface area contributed by atoms with E-state index in [-0.39, 0.29) is 30.8 Å². The predicted octanol–water partition coefficient (Wildman–Crippen LogP) is 2.95. The maximum atomic E-state index is 9.46. The molecule has 0 radical (unpaired) electrons. The van der Waals surface area contributed by atoms with Crippen LogP contribution in [0.25, 0.3) is 11.2 Å². The summed E-state index contributed by atoms with van der Waals surface area (Å²) in [6, 6.07) is -0.0378. The van der Waals surface area contributed by atoms with E-state index in [0.29, 0.717) is 27.3 Å². The number of halogens is 1. The van der Waals surface area contributed by atoms with E-state index in [4.69, 9.17) is 14.5 Å². The van der Waals surface area contributed by atoms with Crippen molar-refractivity contribution in [2.45, 2.75) is 69.2 Å². The number of rotatable bonds is 6. The molecule has 1 aliphatic carbocycles. The van der Waals surface area contributed by atoms with Crippen molar-refractivity contribution in [3.63, 3.8) is 0 Å². The Labute approximate surface area is 170 Å². The maximum Gasteiger partial charge on any atom is 0.190 e. The second kappa shape index (κ2) is 7.55. The van der Waals surface area contributed by atoms with E-state index in [0.717, 1.165) is 18.6 Å². The lowest BCUT2D eigenvalue weighted by atomic mass is 10.0. The van der Waals surface area contributed by atoms with Crippen molar-refractivity contribution in [3.8, 4) is 0 Å². The molecule has 1 saturated carbocycles. The number of aliphatic hydroxyl groups excluding tert-OH is 1. The first kappa shape index (κ1) is 19.5. The summed E-state index contributed by atoms with van der Waals surface area (Å²) in [6.07, 6.45) is 2.35. The van der Waals surface area contributed by atoms with Gasteiger partial charge in [0.25, 0.3) is 0 Å². The van der Waals surface area contributed by atoms with Crippen molar-refractivity contribution in [2.75, 3.05) is 12.4 Å². The molecule has 8 nitrogen and oxygen atoms in total. The van der Waals surface area contributed by atoms with Gasteiger partial charge in [-0.3, -0.25) is 0 Å². The Bertz CT molecular complexity index is 832. The molecule has 10 heteroatoms. The molecular formula is C17H24BrN5O3S. The number of nitrogens with zero attached hydrogens (tertiary/aromatic N) is 5. The molecule has 3 heterocycles. The monoisotopic (exact) mass is 457 g/mol. The molecule has 0 unspecified atom stereocenters. The summed E-state index contributed by atoms with van der Waals surface area (Å²) >= 11 is 5.13. The van der Waals surface area contributed by atoms with Crippen molar-refractivity contribution >= 4 is 38.9 Å². The van der Waals surface area contributed by atoms with Crippen molar-refractivity contribution in [3.05, 3.63) is 4.60 Å². The Morgan fingerprint density at radius 3 is 2.81 bits per heavy atom. The van der Waals surface area contributed by atoms with Gasteiger partial charge in [0.05, 0.1) is 12.1 Å². The van der Waals surface area contributed by atoms with Crippen LogP contribution in [-0.4, -0.2) is 60.4 Å². The topological polar surface area (TPSA) is 95.2 Å². The zero-order valence-corrected chi connectivity index (χ0v) is 18.0. The molecule has 0 amide bonds. The highest BCUT2D eigenvalue weighted by Crippen LogP contribution is 2.48. The van der Waals surface area contributed by atoms with Gasteiger partial charge in [0, 0.05) is 12.4 Å². The van der Waals surface area contributed by atoms with Crippen LogP contribution in [0.1, 0.15) is 46.1 Å². The molecule has 4 atom stereocenters. The van der Waals surface area contributed by atoms with E-state index >= 15 is 0 Å². The summed E-state index contributed by atoms with van der Waals surface area (Å²) in [5, 5.41) is 18.9. The molecule has 2 aromatic heterocycles. The number of ether oxygens (including phenoxy) is 2. The van der Waals surface area contributed by atoms with Crippen LogP contribution in [-0.2, 0) is 9.47 Å². The maximum absolute atomic E-state index is 9.46. The van der Waals surface area contributed by atoms with Gasteiger partial charge in [0.2, 0.25) is 0 Å². The van der Waals surface area contributed by atoms with Gasteiger partial charge in [0.1, 0.15) is 10.7 Å². The Hall–Kier alpha value is -0.810. The fourth-order valence-corrected chi connectivity index (χ4v) is 5.24. The molecule has 4 rings (SSSR count). The largest absolute Gasteiger partial charge is 0.396 e. The normalized spacial score (nSPS) is 29.5. The highest BCUT2D eigenvalue weighted by molar-refractivity contribution is 9.10. The third kappa shape index (κ3) is 3.62. The highest BCUT2D eigenvalue weighted by atomic mass is 79.9. The first-order valence-electron chi connectivity index (χ1n) is 9.31. The lowest BCUT2D eigenvalue weighted by Gasteiger charge is -2.23. The van der Waals surface area contributed by atoms with Gasteiger partial charge in [0.15, 0.2) is 22.1 Å². The second-order valence-corrected chi connectivity index (χ2v) is 9.31. The highest BCUT2D eigenvalue weighted by Gasteiger charge is 2.55. The van der Waals surface area contributed by atoms with Crippen LogP contribution >= 0.6 is 27.7 Å². The zero-order valence-electron chi connectivity index (χ0n) is 15.6. The van der Waals surface area contributed by atoms with E-state index in [9.17, 15) is 5.11 Å². The van der Waals surface area contributed by atoms with Crippen molar-refractivity contribution in [1.82, 2.24) is 25.0 Å². The van der Waals surface area contributed by atoms with Gasteiger partial charge < -0.3 is 14.6 Å². The van der Waals surface area contributed by atoms with Gasteiger partial charge >= 0.3 is 0 Å². The molecule has 1 saturated heterocycles. The Morgan fingerprint density at radius 2 is 2.07 bits per heavy atom. The Morgan fingerprint density at radius 1 is 1.30 bits per heavy atom. The molecule has 1 N–H and O–H groups in total. The van der Waals surface area contributed by atoms with Crippen LogP contribution in [0.15, 0.2) is 9.76 Å². The summed E-state index contributed by atoms with van der Waals surface area (Å²) < 4.78 is 14.9. The number of fused-ring (bicyclic) bond motifs is 2. The fourth-order valence-electron chi connectivity index (χ4n) is 4.00. The molecule has 0 spiro atoms. The molecule has 148 valence electrons. The summed E-state index contributed by atoms with van der Waals surface area (Å²) in [5.74, 6) is 0.526. The lowest BCUT2D eigenvalue weighted by Crippen LogP contribution is -2.28. The number of hydrogen-bond donors (Lipinski definition) is 1. The molecule has 2 aliphatic rings. The summed E-state index contributed by atoms with van der Waals surface area (Å²) in [5.41, 5.74) is 1.35. The average molecular weight is 458 g/mol. The van der Waals surface area contributed by atoms with Crippen LogP contribution in [0.4, 0.5) is 0 Å². The van der Waals surface area contributed by atoms with E-state index in [1.807, 2.05) is 18.5 Å². The first-order valence-corrected chi connectivity index (χ1v) is 11.1. The molecule has 0 aromatic carbocycles. The molecule has 2 aromatic rings. The molecule has 2 fully saturated rings. The molecular weight excluding hydrogens is 434 g/mol. The predicted molar refractivity (Wildman–Crippen MR) is 105 cm³/mol. The smallest absolute Gasteiger partial charge is 0.190 e. The number of thioether (sulfide) groups is 1. The molecule has 27 heavy (non-hydrogen) atoms. The van der Waals surface area contributed by atoms with Crippen LogP contribution in [0.5, 0.6) is 0 Å². The van der Waals surface area contributed by atoms with Gasteiger partial charge in [-0.25, -0.2) is 14.6 Å². The van der Waals surface area contributed by atoms with Crippen LogP contribution in [0.3, 0.4) is 0 Å². The standard InChI is InChI=1S/C17H24BrN5O3S/c1-4-7-27-16-19-14(18)11-15(20-16)23(22-21-11)10-8-9(5-6-24)12-13(10)26-17(2,3)25-12/h9-10,12-13,24H,4-8H2,1-3H3/t9-,10+,12+,13-/m0/s1. The number of aliphatic hydroxyl groups is 1. The summed E-state index contributed by atoms with van der Waals surface area (Å²) in [7, 11) is 0. The van der Waals surface area contributed by atoms with Crippen LogP contribution in [0, 0.1) is 5.92 Å². The molecule has 1 aliphatic heterocycles. The Kier molecular flexibility index (Phi) is 5.45. The minimum atomic E-state index is -0.643. The van der Waals surface area contributed by atoms with Crippen LogP contribution < -0.4 is 0 Å². The quantitative estimate of drug-likeness (QED) is 0.401. The SMILES string of the molecule is CCCSc1nc(Br)c2nnn([C@@H]3C[C@H](CCO)[C@H]4OC(C)(C)O[C@H]43)c2n1. The van der Waals surface area contributed by atoms with Crippen molar-refractivity contribution in [2.24, 2.45) is 5.92 Å². The first-order chi connectivity index (χ1) is 12.9. The number of hydrogen-bond acceptors (Lipinski definition) is 8. The third-order valence-electron chi connectivity index (χ3n) is 5.06. The van der Waals surface area contributed by atoms with Crippen molar-refractivity contribution < 1.29 is 14.6 Å². The minimum Gasteiger partial charge on any atom is -0.396 e. The minimum absolute atomic E-state index is 0.0378. The molecule has 0 bridgehead atoms. The van der Waals surface area contributed by atoms with Gasteiger partial charge in [-0.2, -0.15) is 0 Å². The lowest BCUT2D eigenvalue weighted by molar-refractivity contribution is -0.161. The van der Waals surface area contributed by atoms with E-state index in [1.54, 1.807) is 11.8 Å². The van der Waals surface area contributed by atoms with Crippen molar-refractivity contribution in [1.29, 1.82) is 0 Å². The Balaban J connectivity index is 1.71. The number of aromatic nitrogens is 5. The van der Waals surface area contributed by atoms with E-state index < -0.39 is 5.79 Å².